The van der Waals surface area contributed by atoms with Crippen LogP contribution in [0.15, 0.2) is 0 Å². The molecule has 1 aliphatic carbocycles. The Hall–Kier alpha value is -1.89. The molecule has 2 amide bonds. The van der Waals surface area contributed by atoms with E-state index >= 15 is 0 Å². The van der Waals surface area contributed by atoms with E-state index in [2.05, 4.69) is 5.32 Å². The molecule has 0 unspecified atom stereocenters. The minimum absolute atomic E-state index is 0.164. The van der Waals surface area contributed by atoms with E-state index in [1.54, 1.807) is 0 Å². The van der Waals surface area contributed by atoms with Gasteiger partial charge in [-0.15, -0.1) is 11.3 Å². The van der Waals surface area contributed by atoms with E-state index in [0.29, 0.717) is 10.6 Å². The van der Waals surface area contributed by atoms with Gasteiger partial charge in [0.1, 0.15) is 5.00 Å². The molecule has 0 atom stereocenters. The fraction of sp³-hybridized carbons (Fsp3) is 0.562. The molecule has 23 heavy (non-hydrogen) atoms. The van der Waals surface area contributed by atoms with Gasteiger partial charge in [-0.2, -0.15) is 0 Å². The SMILES string of the molecule is CC(C)(CC(=O)Nc1sc2c(c1C(N)=O)CCCCC2)C(=O)O. The van der Waals surface area contributed by atoms with Gasteiger partial charge in [-0.05, 0) is 45.1 Å². The fourth-order valence-corrected chi connectivity index (χ4v) is 4.05. The minimum Gasteiger partial charge on any atom is -0.481 e. The number of amides is 2. The number of carbonyl (C=O) groups excluding carboxylic acids is 2. The summed E-state index contributed by atoms with van der Waals surface area (Å²) in [5.74, 6) is -2.00. The molecule has 0 radical (unpaired) electrons. The third-order valence-corrected chi connectivity index (χ3v) is 5.31. The van der Waals surface area contributed by atoms with Crippen molar-refractivity contribution in [1.82, 2.24) is 0 Å². The number of thiophene rings is 1. The van der Waals surface area contributed by atoms with Crippen molar-refractivity contribution in [2.45, 2.75) is 52.4 Å². The van der Waals surface area contributed by atoms with E-state index in [0.717, 1.165) is 42.5 Å². The number of anilines is 1. The molecule has 0 aliphatic heterocycles. The van der Waals surface area contributed by atoms with Crippen molar-refractivity contribution in [3.63, 3.8) is 0 Å². The lowest BCUT2D eigenvalue weighted by Crippen LogP contribution is -2.29. The molecule has 0 fully saturated rings. The second kappa shape index (κ2) is 6.70. The number of rotatable bonds is 5. The average Bonchev–Trinajstić information content (AvgIpc) is 2.60. The third kappa shape index (κ3) is 3.90. The van der Waals surface area contributed by atoms with Crippen LogP contribution in [0.2, 0.25) is 0 Å². The maximum atomic E-state index is 12.2. The third-order valence-electron chi connectivity index (χ3n) is 4.10. The molecular formula is C16H22N2O4S. The number of carbonyl (C=O) groups is 3. The summed E-state index contributed by atoms with van der Waals surface area (Å²) in [5, 5.41) is 12.3. The van der Waals surface area contributed by atoms with Gasteiger partial charge in [0.2, 0.25) is 5.91 Å². The van der Waals surface area contributed by atoms with Gasteiger partial charge < -0.3 is 16.2 Å². The molecule has 4 N–H and O–H groups in total. The Bertz CT molecular complexity index is 649. The molecule has 0 saturated heterocycles. The zero-order valence-electron chi connectivity index (χ0n) is 13.4. The number of carboxylic acids is 1. The van der Waals surface area contributed by atoms with Gasteiger partial charge in [0, 0.05) is 11.3 Å². The summed E-state index contributed by atoms with van der Waals surface area (Å²) in [5.41, 5.74) is 5.69. The van der Waals surface area contributed by atoms with Crippen molar-refractivity contribution in [3.8, 4) is 0 Å². The Labute approximate surface area is 139 Å². The van der Waals surface area contributed by atoms with Gasteiger partial charge >= 0.3 is 5.97 Å². The highest BCUT2D eigenvalue weighted by atomic mass is 32.1. The first-order valence-electron chi connectivity index (χ1n) is 7.70. The first-order chi connectivity index (χ1) is 10.7. The van der Waals surface area contributed by atoms with Gasteiger partial charge in [0.25, 0.3) is 5.91 Å². The second-order valence-corrected chi connectivity index (χ2v) is 7.65. The highest BCUT2D eigenvalue weighted by Gasteiger charge is 2.31. The van der Waals surface area contributed by atoms with Crippen molar-refractivity contribution >= 4 is 34.1 Å². The number of aliphatic carboxylic acids is 1. The second-order valence-electron chi connectivity index (χ2n) is 6.55. The Morgan fingerprint density at radius 2 is 1.87 bits per heavy atom. The highest BCUT2D eigenvalue weighted by molar-refractivity contribution is 7.17. The zero-order valence-corrected chi connectivity index (χ0v) is 14.2. The van der Waals surface area contributed by atoms with Crippen molar-refractivity contribution in [1.29, 1.82) is 0 Å². The number of hydrogen-bond acceptors (Lipinski definition) is 4. The molecule has 0 bridgehead atoms. The Morgan fingerprint density at radius 3 is 2.48 bits per heavy atom. The van der Waals surface area contributed by atoms with E-state index in [-0.39, 0.29) is 6.42 Å². The number of nitrogens with one attached hydrogen (secondary N) is 1. The molecule has 7 heteroatoms. The van der Waals surface area contributed by atoms with Crippen LogP contribution in [0, 0.1) is 5.41 Å². The average molecular weight is 338 g/mol. The molecule has 1 heterocycles. The molecule has 1 aliphatic rings. The minimum atomic E-state index is -1.16. The maximum Gasteiger partial charge on any atom is 0.309 e. The van der Waals surface area contributed by atoms with Crippen molar-refractivity contribution in [2.75, 3.05) is 5.32 Å². The van der Waals surface area contributed by atoms with E-state index in [1.807, 2.05) is 0 Å². The van der Waals surface area contributed by atoms with Gasteiger partial charge in [0.05, 0.1) is 11.0 Å². The Kier molecular flexibility index (Phi) is 5.09. The van der Waals surface area contributed by atoms with Gasteiger partial charge in [0.15, 0.2) is 0 Å². The summed E-state index contributed by atoms with van der Waals surface area (Å²) in [6.07, 6.45) is 4.70. The molecule has 1 aromatic rings. The van der Waals surface area contributed by atoms with Crippen LogP contribution in [0.4, 0.5) is 5.00 Å². The lowest BCUT2D eigenvalue weighted by Gasteiger charge is -2.18. The molecule has 126 valence electrons. The van der Waals surface area contributed by atoms with Crippen molar-refractivity contribution in [3.05, 3.63) is 16.0 Å². The lowest BCUT2D eigenvalue weighted by atomic mass is 9.89. The quantitative estimate of drug-likeness (QED) is 0.717. The molecule has 0 spiro atoms. The Morgan fingerprint density at radius 1 is 1.22 bits per heavy atom. The summed E-state index contributed by atoms with van der Waals surface area (Å²) in [7, 11) is 0. The summed E-state index contributed by atoms with van der Waals surface area (Å²) < 4.78 is 0. The summed E-state index contributed by atoms with van der Waals surface area (Å²) in [4.78, 5) is 36.2. The van der Waals surface area contributed by atoms with Gasteiger partial charge in [-0.3, -0.25) is 14.4 Å². The molecule has 0 aromatic carbocycles. The van der Waals surface area contributed by atoms with Crippen LogP contribution in [0.25, 0.3) is 0 Å². The monoisotopic (exact) mass is 338 g/mol. The fourth-order valence-electron chi connectivity index (χ4n) is 2.74. The summed E-state index contributed by atoms with van der Waals surface area (Å²) >= 11 is 1.39. The number of aryl methyl sites for hydroxylation is 1. The predicted molar refractivity (Wildman–Crippen MR) is 88.8 cm³/mol. The molecule has 1 aromatic heterocycles. The largest absolute Gasteiger partial charge is 0.481 e. The summed E-state index contributed by atoms with van der Waals surface area (Å²) in [6, 6.07) is 0. The van der Waals surface area contributed by atoms with E-state index < -0.39 is 23.2 Å². The van der Waals surface area contributed by atoms with Crippen LogP contribution < -0.4 is 11.1 Å². The molecule has 6 nitrogen and oxygen atoms in total. The first-order valence-corrected chi connectivity index (χ1v) is 8.51. The predicted octanol–water partition coefficient (Wildman–Crippen LogP) is 2.56. The first kappa shape index (κ1) is 17.5. The van der Waals surface area contributed by atoms with Crippen LogP contribution in [0.1, 0.15) is 60.3 Å². The standard InChI is InChI=1S/C16H22N2O4S/c1-16(2,15(21)22)8-11(19)18-14-12(13(17)20)9-6-4-3-5-7-10(9)23-14/h3-8H2,1-2H3,(H2,17,20)(H,18,19)(H,21,22). The van der Waals surface area contributed by atoms with E-state index in [1.165, 1.54) is 25.2 Å². The number of hydrogen-bond donors (Lipinski definition) is 3. The zero-order chi connectivity index (χ0) is 17.2. The molecule has 0 saturated carbocycles. The highest BCUT2D eigenvalue weighted by Crippen LogP contribution is 2.37. The molecular weight excluding hydrogens is 316 g/mol. The smallest absolute Gasteiger partial charge is 0.309 e. The van der Waals surface area contributed by atoms with Crippen LogP contribution in [-0.4, -0.2) is 22.9 Å². The van der Waals surface area contributed by atoms with Crippen molar-refractivity contribution in [2.24, 2.45) is 11.1 Å². The van der Waals surface area contributed by atoms with Crippen LogP contribution in [-0.2, 0) is 22.4 Å². The lowest BCUT2D eigenvalue weighted by molar-refractivity contribution is -0.148. The maximum absolute atomic E-state index is 12.2. The topological polar surface area (TPSA) is 109 Å². The number of fused-ring (bicyclic) bond motifs is 1. The number of nitrogens with two attached hydrogens (primary N) is 1. The van der Waals surface area contributed by atoms with Gasteiger partial charge in [-0.25, -0.2) is 0 Å². The number of primary amides is 1. The van der Waals surface area contributed by atoms with E-state index in [4.69, 9.17) is 10.8 Å². The Balaban J connectivity index is 2.25. The van der Waals surface area contributed by atoms with Crippen molar-refractivity contribution < 1.29 is 19.5 Å². The van der Waals surface area contributed by atoms with Crippen LogP contribution >= 0.6 is 11.3 Å². The normalized spacial score (nSPS) is 14.7. The van der Waals surface area contributed by atoms with Gasteiger partial charge in [-0.1, -0.05) is 6.42 Å². The molecule has 2 rings (SSSR count). The summed E-state index contributed by atoms with van der Waals surface area (Å²) in [6.45, 7) is 2.99. The number of carboxylic acid groups (broad SMARTS) is 1. The van der Waals surface area contributed by atoms with Crippen LogP contribution in [0.3, 0.4) is 0 Å². The van der Waals surface area contributed by atoms with E-state index in [9.17, 15) is 14.4 Å². The van der Waals surface area contributed by atoms with Crippen LogP contribution in [0.5, 0.6) is 0 Å².